The number of carbonyl (C=O) groups excluding carboxylic acids is 3. The number of amides is 3. The number of rotatable bonds is 15. The van der Waals surface area contributed by atoms with Crippen LogP contribution in [0.3, 0.4) is 0 Å². The van der Waals surface area contributed by atoms with Crippen molar-refractivity contribution in [2.45, 2.75) is 40.3 Å². The molecule has 0 N–H and O–H groups in total. The van der Waals surface area contributed by atoms with Crippen LogP contribution in [0.25, 0.3) is 32.7 Å². The molecule has 0 bridgehead atoms. The third kappa shape index (κ3) is 15.3. The zero-order valence-electron chi connectivity index (χ0n) is 56.4. The normalized spacial score (nSPS) is 14.1. The molecule has 0 unspecified atom stereocenters. The first-order chi connectivity index (χ1) is 48.4. The van der Waals surface area contributed by atoms with E-state index in [1.165, 1.54) is 79.8 Å². The van der Waals surface area contributed by atoms with Gasteiger partial charge in [0.25, 0.3) is 17.7 Å². The molecule has 0 radical (unpaired) electrons. The number of hydrogen-bond acceptors (Lipinski definition) is 18. The number of thiophene rings is 2. The van der Waals surface area contributed by atoms with Crippen LogP contribution in [0.1, 0.15) is 58.4 Å². The summed E-state index contributed by atoms with van der Waals surface area (Å²) < 4.78 is 30.7. The first kappa shape index (κ1) is 71.3. The molecule has 13 rings (SSSR count). The predicted octanol–water partition coefficient (Wildman–Crippen LogP) is 10.5. The van der Waals surface area contributed by atoms with Gasteiger partial charge in [0.05, 0.1) is 47.6 Å². The first-order valence-electron chi connectivity index (χ1n) is 32.6. The Labute approximate surface area is 585 Å². The number of carbonyl (C=O) groups is 3. The van der Waals surface area contributed by atoms with Gasteiger partial charge in [-0.25, -0.2) is 8.78 Å². The molecule has 101 heavy (non-hydrogen) atoms. The molecule has 3 aliphatic heterocycles. The maximum absolute atomic E-state index is 13.5. The Hall–Kier alpha value is -11.0. The Morgan fingerprint density at radius 3 is 1.24 bits per heavy atom. The maximum Gasteiger partial charge on any atom is 0.357 e. The molecule has 5 aromatic carbocycles. The molecule has 10 aromatic rings. The fraction of sp³-hybridized carbons (Fsp3) is 0.306. The highest BCUT2D eigenvalue weighted by atomic mass is 32.1. The summed E-state index contributed by atoms with van der Waals surface area (Å²) in [6.45, 7) is 11.5. The molecule has 3 saturated heterocycles. The van der Waals surface area contributed by atoms with Crippen molar-refractivity contribution in [3.8, 4) is 0 Å². The summed E-state index contributed by atoms with van der Waals surface area (Å²) in [5.74, 6) is -1.12. The van der Waals surface area contributed by atoms with Crippen molar-refractivity contribution in [1.29, 1.82) is 0 Å². The molecule has 3 fully saturated rings. The van der Waals surface area contributed by atoms with Crippen LogP contribution in [0.4, 0.5) is 42.9 Å². The van der Waals surface area contributed by atoms with E-state index in [0.29, 0.717) is 156 Å². The summed E-state index contributed by atoms with van der Waals surface area (Å²) in [6, 6.07) is 35.0. The van der Waals surface area contributed by atoms with Gasteiger partial charge in [-0.2, -0.15) is 0 Å². The SMILES string of the molecule is Cc1ccc2c(c1)c(N1CCN(C(=O)c3ccc(F)cc3)CC1)c([N+](=O)[O-])c(=O)n2C.Cc1ccc2c(c1)c(N1CCN(C(=O)c3cccs3)CC1)c([N+](=O)[O-])c(=O)n2CCCN(C)C.Cc1ccc2c(c1)c(N1CCN(C(=O)c3cccs3)CC1)c([N+](=O)[O-])c(=O)n2Cc1ccc(F)cc1. The molecule has 0 saturated carbocycles. The van der Waals surface area contributed by atoms with Crippen LogP contribution < -0.4 is 31.4 Å². The van der Waals surface area contributed by atoms with Crippen molar-refractivity contribution >= 4 is 107 Å². The smallest absolute Gasteiger partial charge is 0.357 e. The lowest BCUT2D eigenvalue weighted by Crippen LogP contribution is -2.49. The number of anilines is 3. The third-order valence-corrected chi connectivity index (χ3v) is 19.9. The second-order valence-electron chi connectivity index (χ2n) is 25.2. The van der Waals surface area contributed by atoms with Crippen molar-refractivity contribution in [3.05, 3.63) is 249 Å². The molecule has 3 amide bonds. The van der Waals surface area contributed by atoms with E-state index < -0.39 is 54.5 Å². The molecule has 0 atom stereocenters. The lowest BCUT2D eigenvalue weighted by atomic mass is 10.1. The van der Waals surface area contributed by atoms with E-state index in [1.54, 1.807) is 56.0 Å². The van der Waals surface area contributed by atoms with Crippen molar-refractivity contribution in [2.24, 2.45) is 7.05 Å². The minimum absolute atomic E-state index is 0.0267. The molecular formula is C72H73F2N13O12S2. The Bertz CT molecular complexity index is 5000. The monoisotopic (exact) mass is 1410 g/mol. The minimum atomic E-state index is -0.715. The van der Waals surface area contributed by atoms with Crippen molar-refractivity contribution < 1.29 is 37.9 Å². The van der Waals surface area contributed by atoms with Crippen molar-refractivity contribution in [1.82, 2.24) is 33.3 Å². The van der Waals surface area contributed by atoms with E-state index >= 15 is 0 Å². The van der Waals surface area contributed by atoms with Crippen molar-refractivity contribution in [3.63, 3.8) is 0 Å². The average Bonchev–Trinajstić information content (AvgIpc) is 1.10. The number of nitro groups is 3. The lowest BCUT2D eigenvalue weighted by molar-refractivity contribution is -0.385. The van der Waals surface area contributed by atoms with Crippen LogP contribution in [0.5, 0.6) is 0 Å². The van der Waals surface area contributed by atoms with Crippen LogP contribution in [0, 0.1) is 62.7 Å². The number of halogens is 2. The fourth-order valence-electron chi connectivity index (χ4n) is 13.1. The summed E-state index contributed by atoms with van der Waals surface area (Å²) in [7, 11) is 5.44. The van der Waals surface area contributed by atoms with E-state index in [1.807, 2.05) is 115 Å². The highest BCUT2D eigenvalue weighted by Crippen LogP contribution is 2.39. The van der Waals surface area contributed by atoms with Gasteiger partial charge in [0.15, 0.2) is 0 Å². The van der Waals surface area contributed by atoms with E-state index in [2.05, 4.69) is 0 Å². The number of hydrogen-bond donors (Lipinski definition) is 0. The second kappa shape index (κ2) is 30.6. The summed E-state index contributed by atoms with van der Waals surface area (Å²) >= 11 is 2.78. The Morgan fingerprint density at radius 2 is 0.842 bits per heavy atom. The van der Waals surface area contributed by atoms with Crippen LogP contribution in [0.2, 0.25) is 0 Å². The van der Waals surface area contributed by atoms with Gasteiger partial charge in [-0.05, 0) is 149 Å². The van der Waals surface area contributed by atoms with Gasteiger partial charge in [-0.3, -0.25) is 63.7 Å². The van der Waals surface area contributed by atoms with Gasteiger partial charge >= 0.3 is 33.7 Å². The Kier molecular flexibility index (Phi) is 21.6. The maximum atomic E-state index is 13.5. The van der Waals surface area contributed by atoms with E-state index in [0.717, 1.165) is 23.2 Å². The van der Waals surface area contributed by atoms with Gasteiger partial charge in [-0.15, -0.1) is 22.7 Å². The number of piperazine rings is 3. The molecule has 0 spiro atoms. The molecule has 29 heteroatoms. The topological polar surface area (TPSA) is 269 Å². The number of aromatic nitrogens is 3. The van der Waals surface area contributed by atoms with Gasteiger partial charge < -0.3 is 43.4 Å². The number of nitrogens with zero attached hydrogens (tertiary/aromatic N) is 13. The molecule has 25 nitrogen and oxygen atoms in total. The standard InChI is InChI=1S/C26H23FN4O4S.C24H29N5O4S.C22H21FN4O4/c1-17-4-9-21-20(15-17)23(28-10-12-29(13-11-28)25(32)22-3-2-14-36-22)24(31(34)35)26(33)30(21)16-18-5-7-19(27)8-6-18;1-17-7-8-19-18(16-17)21(22(29(32)33)24(31)28(19)10-5-9-25(2)3)26-11-13-27(14-12-26)23(30)20-6-4-15-34-20;1-14-3-8-18-17(13-14)19(20(27(30)31)22(29)24(18)2)25-9-11-26(12-10-25)21(28)15-4-6-16(23)7-5-15/h2-9,14-15H,10-13,16H2,1H3;4,6-8,15-16H,5,9-14H2,1-3H3;3-8,13H,9-12H2,1-2H3. The molecule has 0 aliphatic carbocycles. The number of aryl methyl sites for hydroxylation is 5. The molecule has 3 aliphatic rings. The second-order valence-corrected chi connectivity index (χ2v) is 27.1. The van der Waals surface area contributed by atoms with E-state index in [9.17, 15) is 67.9 Å². The minimum Gasteiger partial charge on any atom is -0.362 e. The zero-order valence-corrected chi connectivity index (χ0v) is 58.0. The summed E-state index contributed by atoms with van der Waals surface area (Å²) in [5, 5.41) is 41.9. The van der Waals surface area contributed by atoms with Crippen LogP contribution in [-0.4, -0.2) is 165 Å². The molecule has 5 aromatic heterocycles. The first-order valence-corrected chi connectivity index (χ1v) is 34.4. The van der Waals surface area contributed by atoms with Gasteiger partial charge in [0.1, 0.15) is 28.7 Å². The van der Waals surface area contributed by atoms with Crippen LogP contribution >= 0.6 is 22.7 Å². The number of pyridine rings is 3. The number of benzene rings is 5. The molecule has 524 valence electrons. The highest BCUT2D eigenvalue weighted by Gasteiger charge is 2.36. The summed E-state index contributed by atoms with van der Waals surface area (Å²) in [5.41, 5.74) is 3.34. The summed E-state index contributed by atoms with van der Waals surface area (Å²) in [6.07, 6.45) is 0.704. The third-order valence-electron chi connectivity index (χ3n) is 18.2. The molecular weight excluding hydrogens is 1340 g/mol. The van der Waals surface area contributed by atoms with Crippen molar-refractivity contribution in [2.75, 3.05) is 114 Å². The average molecular weight is 1410 g/mol. The molecule has 8 heterocycles. The van der Waals surface area contributed by atoms with Crippen LogP contribution in [-0.2, 0) is 20.1 Å². The van der Waals surface area contributed by atoms with Gasteiger partial charge in [-0.1, -0.05) is 59.2 Å². The van der Waals surface area contributed by atoms with Gasteiger partial charge in [0.2, 0.25) is 0 Å². The Balaban J connectivity index is 0.000000153. The van der Waals surface area contributed by atoms with E-state index in [4.69, 9.17) is 0 Å². The van der Waals surface area contributed by atoms with Crippen LogP contribution in [0.15, 0.2) is 153 Å². The fourth-order valence-corrected chi connectivity index (χ4v) is 14.5. The predicted molar refractivity (Wildman–Crippen MR) is 388 cm³/mol. The van der Waals surface area contributed by atoms with Gasteiger partial charge in [0, 0.05) is 114 Å². The Morgan fingerprint density at radius 1 is 0.475 bits per heavy atom. The summed E-state index contributed by atoms with van der Waals surface area (Å²) in [4.78, 5) is 126. The largest absolute Gasteiger partial charge is 0.362 e. The quantitative estimate of drug-likeness (QED) is 0.0682. The highest BCUT2D eigenvalue weighted by molar-refractivity contribution is 7.12. The lowest BCUT2D eigenvalue weighted by Gasteiger charge is -2.36. The van der Waals surface area contributed by atoms with E-state index in [-0.39, 0.29) is 35.6 Å². The zero-order chi connectivity index (χ0) is 72.1. The number of fused-ring (bicyclic) bond motifs is 3.